The molecule has 4 aromatic carbocycles. The zero-order valence-electron chi connectivity index (χ0n) is 32.9. The molecule has 8 nitrogen and oxygen atoms in total. The van der Waals surface area contributed by atoms with E-state index in [1.165, 1.54) is 19.6 Å². The van der Waals surface area contributed by atoms with E-state index in [1.807, 2.05) is 72.8 Å². The Labute approximate surface area is 358 Å². The third-order valence-corrected chi connectivity index (χ3v) is 11.5. The standard InChI is InChI=1S/2C24H20N2OS.BFO2/c2*1-27-22-12-6-16(7-13-22)19-14-23(17-2-8-20(25)9-3-17)28-24(15-19)18-4-10-21(26)11-5-18;2-1(3)4/h2*2-15,25H,26H2,1H3;/q;;-2/p+2. The number of nitrogens with two attached hydrogens (primary N) is 4. The molecule has 0 atom stereocenters. The van der Waals surface area contributed by atoms with E-state index in [0.29, 0.717) is 0 Å². The first kappa shape index (κ1) is 43.0. The van der Waals surface area contributed by atoms with Crippen molar-refractivity contribution in [1.82, 2.24) is 0 Å². The summed E-state index contributed by atoms with van der Waals surface area (Å²) in [5, 5.41) is 28.3. The summed E-state index contributed by atoms with van der Waals surface area (Å²) in [5.74, 6) is 1.69. The lowest BCUT2D eigenvalue weighted by molar-refractivity contribution is -0.366. The number of methoxy groups -OCH3 is 2. The molecule has 2 aliphatic heterocycles. The van der Waals surface area contributed by atoms with Crippen molar-refractivity contribution in [3.63, 3.8) is 0 Å². The second-order valence-corrected chi connectivity index (χ2v) is 15.5. The Morgan fingerprint density at radius 1 is 0.483 bits per heavy atom. The minimum absolute atomic E-state index is 0.763. The van der Waals surface area contributed by atoms with Crippen LogP contribution in [0.1, 0.15) is 22.3 Å². The van der Waals surface area contributed by atoms with Crippen LogP contribution in [0.4, 0.5) is 15.7 Å². The Morgan fingerprint density at radius 3 is 1.08 bits per heavy atom. The highest BCUT2D eigenvalue weighted by Gasteiger charge is 2.18. The van der Waals surface area contributed by atoms with E-state index in [1.54, 1.807) is 37.7 Å². The van der Waals surface area contributed by atoms with Crippen LogP contribution in [0, 0.1) is 0 Å². The molecule has 2 aliphatic carbocycles. The molecule has 8 N–H and O–H groups in total. The fraction of sp³-hybridized carbons (Fsp3) is 0.0417. The lowest BCUT2D eigenvalue weighted by Crippen LogP contribution is -2.39. The van der Waals surface area contributed by atoms with Crippen LogP contribution >= 0.6 is 23.5 Å². The van der Waals surface area contributed by atoms with Gasteiger partial charge in [-0.1, -0.05) is 72.1 Å². The Balaban J connectivity index is 0.000000185. The highest BCUT2D eigenvalue weighted by molar-refractivity contribution is 8.12. The normalized spacial score (nSPS) is 15.5. The van der Waals surface area contributed by atoms with Crippen molar-refractivity contribution in [2.45, 2.75) is 0 Å². The maximum atomic E-state index is 9.89. The topological polar surface area (TPSA) is 168 Å². The van der Waals surface area contributed by atoms with Gasteiger partial charge in [0.05, 0.1) is 14.2 Å². The molecule has 0 radical (unpaired) electrons. The minimum Gasteiger partial charge on any atom is -0.867 e. The van der Waals surface area contributed by atoms with Gasteiger partial charge in [-0.25, -0.2) is 0 Å². The van der Waals surface area contributed by atoms with E-state index in [2.05, 4.69) is 97.1 Å². The quantitative estimate of drug-likeness (QED) is 0.142. The van der Waals surface area contributed by atoms with Crippen LogP contribution in [-0.2, 0) is 0 Å². The van der Waals surface area contributed by atoms with Gasteiger partial charge in [0.25, 0.3) is 0 Å². The molecule has 0 aromatic heterocycles. The molecular formula is C48H42BFN4O4S2. The number of nitrogen functional groups attached to an aromatic ring is 2. The molecule has 4 aromatic rings. The Bertz CT molecular complexity index is 2350. The van der Waals surface area contributed by atoms with Crippen LogP contribution in [0.25, 0.3) is 21.0 Å². The van der Waals surface area contributed by atoms with Crippen LogP contribution in [0.15, 0.2) is 191 Å². The zero-order valence-corrected chi connectivity index (χ0v) is 34.5. The summed E-state index contributed by atoms with van der Waals surface area (Å²) in [4.78, 5) is 4.72. The number of benzene rings is 4. The number of ether oxygens (including phenoxy) is 2. The first-order chi connectivity index (χ1) is 29.0. The van der Waals surface area contributed by atoms with Crippen LogP contribution < -0.4 is 41.8 Å². The minimum atomic E-state index is -3.17. The monoisotopic (exact) mass is 832 g/mol. The molecule has 0 saturated heterocycles. The molecule has 300 valence electrons. The molecule has 0 amide bonds. The summed E-state index contributed by atoms with van der Waals surface area (Å²) in [7, 11) is 0.190. The van der Waals surface area contributed by atoms with E-state index in [4.69, 9.17) is 41.8 Å². The number of allylic oxidation sites excluding steroid dienone is 16. The number of hydrogen-bond donors (Lipinski definition) is 4. The van der Waals surface area contributed by atoms with Crippen molar-refractivity contribution in [2.24, 2.45) is 0 Å². The van der Waals surface area contributed by atoms with Crippen LogP contribution in [0.5, 0.6) is 11.5 Å². The lowest BCUT2D eigenvalue weighted by Gasteiger charge is -2.19. The predicted octanol–water partition coefficient (Wildman–Crippen LogP) is 5.72. The number of hydrogen-bond acceptors (Lipinski definition) is 8. The average molecular weight is 833 g/mol. The van der Waals surface area contributed by atoms with E-state index in [-0.39, 0.29) is 0 Å². The fourth-order valence-corrected chi connectivity index (χ4v) is 8.30. The molecule has 60 heavy (non-hydrogen) atoms. The highest BCUT2D eigenvalue weighted by atomic mass is 32.2. The Hall–Kier alpha value is -6.57. The van der Waals surface area contributed by atoms with Crippen molar-refractivity contribution in [2.75, 3.05) is 25.7 Å². The molecule has 12 heteroatoms. The van der Waals surface area contributed by atoms with Gasteiger partial charge in [0, 0.05) is 55.3 Å². The summed E-state index contributed by atoms with van der Waals surface area (Å²) >= 11 is 3.50. The Morgan fingerprint density at radius 2 is 0.783 bits per heavy atom. The maximum absolute atomic E-state index is 9.89. The molecule has 8 rings (SSSR count). The van der Waals surface area contributed by atoms with E-state index in [9.17, 15) is 4.32 Å². The number of halogens is 1. The molecule has 2 heterocycles. The third kappa shape index (κ3) is 11.8. The van der Waals surface area contributed by atoms with Crippen molar-refractivity contribution in [3.05, 3.63) is 213 Å². The van der Waals surface area contributed by atoms with Crippen LogP contribution in [-0.4, -0.2) is 33.0 Å². The second kappa shape index (κ2) is 20.4. The van der Waals surface area contributed by atoms with Gasteiger partial charge in [-0.3, -0.25) is 10.8 Å². The first-order valence-electron chi connectivity index (χ1n) is 18.6. The van der Waals surface area contributed by atoms with Gasteiger partial charge >= 0.3 is 0 Å². The highest BCUT2D eigenvalue weighted by Crippen LogP contribution is 2.45. The average Bonchev–Trinajstić information content (AvgIpc) is 3.27. The summed E-state index contributed by atoms with van der Waals surface area (Å²) in [6.07, 6.45) is 24.9. The number of thioether (sulfide) groups is 2. The van der Waals surface area contributed by atoms with Gasteiger partial charge in [-0.15, -0.1) is 0 Å². The van der Waals surface area contributed by atoms with Gasteiger partial charge in [-0.2, -0.15) is 0 Å². The van der Waals surface area contributed by atoms with E-state index in [0.717, 1.165) is 78.8 Å². The lowest BCUT2D eigenvalue weighted by atomic mass is 10.0. The maximum Gasteiger partial charge on any atom is 0.196 e. The van der Waals surface area contributed by atoms with Gasteiger partial charge in [0.15, 0.2) is 11.4 Å². The van der Waals surface area contributed by atoms with Gasteiger partial charge in [0.1, 0.15) is 18.9 Å². The number of rotatable bonds is 6. The smallest absolute Gasteiger partial charge is 0.196 e. The molecule has 0 saturated carbocycles. The van der Waals surface area contributed by atoms with E-state index >= 15 is 0 Å². The molecule has 4 aliphatic rings. The molecule has 0 bridgehead atoms. The molecule has 0 fully saturated rings. The third-order valence-electron chi connectivity index (χ3n) is 9.21. The van der Waals surface area contributed by atoms with Crippen LogP contribution in [0.2, 0.25) is 0 Å². The van der Waals surface area contributed by atoms with Crippen LogP contribution in [0.3, 0.4) is 0 Å². The van der Waals surface area contributed by atoms with E-state index < -0.39 is 7.40 Å². The Kier molecular flexibility index (Phi) is 14.6. The van der Waals surface area contributed by atoms with Crippen molar-refractivity contribution >= 4 is 74.7 Å². The van der Waals surface area contributed by atoms with Crippen molar-refractivity contribution in [3.8, 4) is 11.5 Å². The summed E-state index contributed by atoms with van der Waals surface area (Å²) in [5.41, 5.74) is 24.0. The van der Waals surface area contributed by atoms with Gasteiger partial charge < -0.3 is 35.3 Å². The zero-order chi connectivity index (χ0) is 42.6. The van der Waals surface area contributed by atoms with Crippen molar-refractivity contribution in [1.29, 1.82) is 0 Å². The summed E-state index contributed by atoms with van der Waals surface area (Å²) in [6.45, 7) is 0. The molecular weight excluding hydrogens is 790 g/mol. The largest absolute Gasteiger partial charge is 0.867 e. The van der Waals surface area contributed by atoms with Crippen molar-refractivity contribution < 1.29 is 34.7 Å². The number of anilines is 2. The van der Waals surface area contributed by atoms with Gasteiger partial charge in [-0.05, 0) is 142 Å². The summed E-state index contributed by atoms with van der Waals surface area (Å²) < 4.78 is 20.5. The SMILES string of the molecule is COc1ccc(C2=CC(=C3C=CC(=[NH2+])C=C3)SC(c3ccc(N)cc3)=C2)cc1.COc1ccc(C2=CC(=C3C=CC(=[NH2+])C=C3)SC(c3ccc(N)cc3)=C2)cc1.[O-]B([O-])F. The molecule has 0 spiro atoms. The molecule has 0 unspecified atom stereocenters. The first-order valence-corrected chi connectivity index (χ1v) is 20.3. The predicted molar refractivity (Wildman–Crippen MR) is 246 cm³/mol. The summed E-state index contributed by atoms with van der Waals surface area (Å²) in [6, 6.07) is 32.2. The second-order valence-electron chi connectivity index (χ2n) is 13.4. The van der Waals surface area contributed by atoms with Gasteiger partial charge in [0.2, 0.25) is 0 Å². The fourth-order valence-electron chi connectivity index (χ4n) is 6.06.